The van der Waals surface area contributed by atoms with Gasteiger partial charge in [0.15, 0.2) is 0 Å². The van der Waals surface area contributed by atoms with Crippen LogP contribution in [-0.2, 0) is 9.47 Å². The number of ether oxygens (including phenoxy) is 2. The molecule has 0 heterocycles. The highest BCUT2D eigenvalue weighted by molar-refractivity contribution is 3.84. The summed E-state index contributed by atoms with van der Waals surface area (Å²) in [5.41, 5.74) is 0. The topological polar surface area (TPSA) is 58.9 Å². The summed E-state index contributed by atoms with van der Waals surface area (Å²) in [5.74, 6) is 0. The molecule has 0 atom stereocenters. The van der Waals surface area contributed by atoms with Crippen molar-refractivity contribution in [2.45, 2.75) is 0 Å². The molecule has 0 unspecified atom stereocenters. The quantitative estimate of drug-likeness (QED) is 0.505. The molecular formula is C5H16O4. The van der Waals surface area contributed by atoms with Gasteiger partial charge >= 0.3 is 0 Å². The van der Waals surface area contributed by atoms with Crippen LogP contribution in [0.1, 0.15) is 0 Å². The number of hydrogen-bond acceptors (Lipinski definition) is 4. The molecule has 0 radical (unpaired) electrons. The van der Waals surface area contributed by atoms with Crippen LogP contribution in [-0.4, -0.2) is 45.4 Å². The van der Waals surface area contributed by atoms with Crippen LogP contribution < -0.4 is 0 Å². The van der Waals surface area contributed by atoms with Crippen LogP contribution in [0.5, 0.6) is 0 Å². The predicted octanol–water partition coefficient (Wildman–Crippen LogP) is -0.546. The van der Waals surface area contributed by atoms with Crippen molar-refractivity contribution in [2.24, 2.45) is 0 Å². The molecule has 0 aliphatic rings. The molecule has 0 fully saturated rings. The molecular weight excluding hydrogens is 124 g/mol. The van der Waals surface area contributed by atoms with Gasteiger partial charge < -0.3 is 19.7 Å². The fourth-order valence-electron chi connectivity index (χ4n) is 0.118. The molecule has 0 aliphatic carbocycles. The molecule has 0 aliphatic heterocycles. The molecule has 60 valence electrons. The molecule has 0 saturated carbocycles. The fraction of sp³-hybridized carbons (Fsp3) is 1.00. The first-order valence-corrected chi connectivity index (χ1v) is 2.29. The van der Waals surface area contributed by atoms with Gasteiger partial charge in [0.2, 0.25) is 0 Å². The monoisotopic (exact) mass is 140 g/mol. The molecule has 4 nitrogen and oxygen atoms in total. The standard InChI is InChI=1S/C3H8O2.2CH4O/c1-4-3-5-2;2*1-2/h3H2,1-2H3;2*2H,1H3. The van der Waals surface area contributed by atoms with E-state index >= 15 is 0 Å². The summed E-state index contributed by atoms with van der Waals surface area (Å²) in [6, 6.07) is 0. The summed E-state index contributed by atoms with van der Waals surface area (Å²) in [5, 5.41) is 14.0. The molecule has 0 rings (SSSR count). The van der Waals surface area contributed by atoms with E-state index in [0.29, 0.717) is 6.79 Å². The lowest BCUT2D eigenvalue weighted by atomic mass is 11.4. The Bertz CT molecular complexity index is 16.4. The Hall–Kier alpha value is -0.160. The minimum atomic E-state index is 0.389. The molecule has 0 amide bonds. The van der Waals surface area contributed by atoms with Crippen molar-refractivity contribution in [1.29, 1.82) is 0 Å². The molecule has 0 bridgehead atoms. The third-order valence-corrected chi connectivity index (χ3v) is 0.236. The van der Waals surface area contributed by atoms with E-state index in [1.54, 1.807) is 14.2 Å². The second-order valence-electron chi connectivity index (χ2n) is 0.695. The van der Waals surface area contributed by atoms with Crippen molar-refractivity contribution in [3.8, 4) is 0 Å². The maximum atomic E-state index is 7.00. The van der Waals surface area contributed by atoms with Gasteiger partial charge in [-0.25, -0.2) is 0 Å². The molecule has 0 aromatic heterocycles. The van der Waals surface area contributed by atoms with Gasteiger partial charge in [0.25, 0.3) is 0 Å². The maximum Gasteiger partial charge on any atom is 0.145 e. The number of methoxy groups -OCH3 is 2. The Balaban J connectivity index is -0.0000000771. The van der Waals surface area contributed by atoms with Gasteiger partial charge in [-0.3, -0.25) is 0 Å². The lowest BCUT2D eigenvalue weighted by Gasteiger charge is -1.87. The van der Waals surface area contributed by atoms with Crippen LogP contribution in [0.15, 0.2) is 0 Å². The molecule has 0 aromatic rings. The first kappa shape index (κ1) is 15.9. The molecule has 9 heavy (non-hydrogen) atoms. The number of aliphatic hydroxyl groups is 2. The highest BCUT2D eigenvalue weighted by atomic mass is 16.6. The Morgan fingerprint density at radius 3 is 1.11 bits per heavy atom. The minimum absolute atomic E-state index is 0.389. The average molecular weight is 140 g/mol. The molecule has 0 saturated heterocycles. The van der Waals surface area contributed by atoms with Crippen molar-refractivity contribution in [2.75, 3.05) is 35.2 Å². The maximum absolute atomic E-state index is 7.00. The van der Waals surface area contributed by atoms with Gasteiger partial charge in [0.1, 0.15) is 6.79 Å². The third-order valence-electron chi connectivity index (χ3n) is 0.236. The molecule has 0 aromatic carbocycles. The van der Waals surface area contributed by atoms with E-state index < -0.39 is 0 Å². The second-order valence-corrected chi connectivity index (χ2v) is 0.695. The highest BCUT2D eigenvalue weighted by Gasteiger charge is 1.63. The van der Waals surface area contributed by atoms with Crippen LogP contribution in [0.4, 0.5) is 0 Å². The van der Waals surface area contributed by atoms with E-state index in [1.165, 1.54) is 0 Å². The van der Waals surface area contributed by atoms with Gasteiger partial charge in [-0.1, -0.05) is 0 Å². The average Bonchev–Trinajstić information content (AvgIpc) is 1.98. The zero-order valence-electron chi connectivity index (χ0n) is 6.42. The van der Waals surface area contributed by atoms with Crippen LogP contribution in [0.25, 0.3) is 0 Å². The Kier molecular flexibility index (Phi) is 80.5. The van der Waals surface area contributed by atoms with Gasteiger partial charge in [-0.05, 0) is 0 Å². The highest BCUT2D eigenvalue weighted by Crippen LogP contribution is 1.60. The Morgan fingerprint density at radius 2 is 1.11 bits per heavy atom. The molecule has 2 N–H and O–H groups in total. The van der Waals surface area contributed by atoms with Crippen LogP contribution in [0.3, 0.4) is 0 Å². The van der Waals surface area contributed by atoms with Crippen molar-refractivity contribution >= 4 is 0 Å². The zero-order chi connectivity index (χ0) is 8.12. The van der Waals surface area contributed by atoms with Crippen molar-refractivity contribution in [3.05, 3.63) is 0 Å². The first-order chi connectivity index (χ1) is 4.41. The van der Waals surface area contributed by atoms with Crippen LogP contribution in [0, 0.1) is 0 Å². The third kappa shape index (κ3) is 79.0. The molecule has 4 heteroatoms. The van der Waals surface area contributed by atoms with E-state index in [2.05, 4.69) is 9.47 Å². The summed E-state index contributed by atoms with van der Waals surface area (Å²) >= 11 is 0. The lowest BCUT2D eigenvalue weighted by molar-refractivity contribution is -0.00271. The number of hydrogen-bond donors (Lipinski definition) is 2. The smallest absolute Gasteiger partial charge is 0.145 e. The van der Waals surface area contributed by atoms with Gasteiger partial charge in [0, 0.05) is 28.4 Å². The second kappa shape index (κ2) is 45.5. The van der Waals surface area contributed by atoms with Gasteiger partial charge in [-0.2, -0.15) is 0 Å². The zero-order valence-corrected chi connectivity index (χ0v) is 6.42. The minimum Gasteiger partial charge on any atom is -0.400 e. The Labute approximate surface area is 56.0 Å². The van der Waals surface area contributed by atoms with Gasteiger partial charge in [0.05, 0.1) is 0 Å². The lowest BCUT2D eigenvalue weighted by Crippen LogP contribution is -1.87. The largest absolute Gasteiger partial charge is 0.400 e. The predicted molar refractivity (Wildman–Crippen MR) is 35.2 cm³/mol. The van der Waals surface area contributed by atoms with Crippen LogP contribution >= 0.6 is 0 Å². The molecule has 0 spiro atoms. The number of rotatable bonds is 2. The van der Waals surface area contributed by atoms with Crippen LogP contribution in [0.2, 0.25) is 0 Å². The summed E-state index contributed by atoms with van der Waals surface area (Å²) < 4.78 is 8.94. The summed E-state index contributed by atoms with van der Waals surface area (Å²) in [6.07, 6.45) is 0. The SMILES string of the molecule is CO.CO.COCOC. The van der Waals surface area contributed by atoms with E-state index in [0.717, 1.165) is 14.2 Å². The summed E-state index contributed by atoms with van der Waals surface area (Å²) in [7, 11) is 5.17. The van der Waals surface area contributed by atoms with E-state index in [-0.39, 0.29) is 0 Å². The number of aliphatic hydroxyl groups excluding tert-OH is 2. The fourth-order valence-corrected chi connectivity index (χ4v) is 0.118. The van der Waals surface area contributed by atoms with E-state index in [9.17, 15) is 0 Å². The first-order valence-electron chi connectivity index (χ1n) is 2.29. The normalized spacial score (nSPS) is 6.00. The summed E-state index contributed by atoms with van der Waals surface area (Å²) in [4.78, 5) is 0. The van der Waals surface area contributed by atoms with Crippen molar-refractivity contribution in [1.82, 2.24) is 0 Å². The Morgan fingerprint density at radius 1 is 0.889 bits per heavy atom. The summed E-state index contributed by atoms with van der Waals surface area (Å²) in [6.45, 7) is 0.389. The van der Waals surface area contributed by atoms with Crippen molar-refractivity contribution < 1.29 is 19.7 Å². The van der Waals surface area contributed by atoms with E-state index in [4.69, 9.17) is 10.2 Å². The van der Waals surface area contributed by atoms with Gasteiger partial charge in [-0.15, -0.1) is 0 Å². The van der Waals surface area contributed by atoms with E-state index in [1.807, 2.05) is 0 Å². The van der Waals surface area contributed by atoms with Crippen molar-refractivity contribution in [3.63, 3.8) is 0 Å².